The highest BCUT2D eigenvalue weighted by molar-refractivity contribution is 5.46. The van der Waals surface area contributed by atoms with Gasteiger partial charge in [-0.2, -0.15) is 0 Å². The molecule has 1 atom stereocenters. The number of benzene rings is 1. The fourth-order valence-electron chi connectivity index (χ4n) is 1.74. The predicted octanol–water partition coefficient (Wildman–Crippen LogP) is 2.58. The third kappa shape index (κ3) is 1.15. The van der Waals surface area contributed by atoms with E-state index in [9.17, 15) is 5.11 Å². The normalized spacial score (nSPS) is 25.7. The maximum atomic E-state index is 10.3. The van der Waals surface area contributed by atoms with Crippen LogP contribution in [0.2, 0.25) is 0 Å². The highest BCUT2D eigenvalue weighted by Gasteiger charge is 2.34. The van der Waals surface area contributed by atoms with Crippen LogP contribution in [-0.4, -0.2) is 5.11 Å². The zero-order valence-corrected chi connectivity index (χ0v) is 8.66. The number of rotatable bonds is 0. The van der Waals surface area contributed by atoms with Crippen molar-refractivity contribution in [2.75, 3.05) is 0 Å². The Morgan fingerprint density at radius 2 is 1.86 bits per heavy atom. The summed E-state index contributed by atoms with van der Waals surface area (Å²) in [5.41, 5.74) is 0.804. The quantitative estimate of drug-likeness (QED) is 0.681. The Labute approximate surface area is 83.8 Å². The van der Waals surface area contributed by atoms with Crippen molar-refractivity contribution in [1.82, 2.24) is 0 Å². The van der Waals surface area contributed by atoms with E-state index in [0.717, 1.165) is 22.6 Å². The van der Waals surface area contributed by atoms with Crippen LogP contribution in [0.15, 0.2) is 35.6 Å². The van der Waals surface area contributed by atoms with Gasteiger partial charge < -0.3 is 9.84 Å². The smallest absolute Gasteiger partial charge is 0.133 e. The van der Waals surface area contributed by atoms with Gasteiger partial charge in [-0.3, -0.25) is 0 Å². The van der Waals surface area contributed by atoms with Gasteiger partial charge in [0, 0.05) is 11.1 Å². The molecule has 1 heterocycles. The Kier molecular flexibility index (Phi) is 1.89. The fraction of sp³-hybridized carbons (Fsp3) is 0.333. The molecular weight excluding hydrogens is 176 g/mol. The molecule has 0 aromatic heterocycles. The molecule has 0 radical (unpaired) electrons. The molecule has 1 aliphatic rings. The van der Waals surface area contributed by atoms with Crippen molar-refractivity contribution in [3.8, 4) is 5.75 Å². The number of allylic oxidation sites excluding steroid dienone is 1. The Morgan fingerprint density at radius 3 is 2.57 bits per heavy atom. The summed E-state index contributed by atoms with van der Waals surface area (Å²) in [6.45, 7) is 5.57. The molecule has 0 saturated heterocycles. The van der Waals surface area contributed by atoms with Crippen LogP contribution in [0.5, 0.6) is 5.75 Å². The number of aliphatic hydroxyl groups is 1. The average Bonchev–Trinajstić information content (AvgIpc) is 2.15. The van der Waals surface area contributed by atoms with Gasteiger partial charge in [0.15, 0.2) is 0 Å². The summed E-state index contributed by atoms with van der Waals surface area (Å²) >= 11 is 0. The molecule has 2 nitrogen and oxygen atoms in total. The first-order valence-electron chi connectivity index (χ1n) is 4.71. The van der Waals surface area contributed by atoms with Crippen LogP contribution in [0.3, 0.4) is 0 Å². The Balaban J connectivity index is 2.64. The van der Waals surface area contributed by atoms with E-state index in [-0.39, 0.29) is 0 Å². The number of hydrogen-bond donors (Lipinski definition) is 1. The van der Waals surface area contributed by atoms with Gasteiger partial charge in [-0.25, -0.2) is 0 Å². The number of fused-ring (bicyclic) bond motifs is 1. The van der Waals surface area contributed by atoms with Crippen LogP contribution in [0.1, 0.15) is 26.3 Å². The molecule has 0 aliphatic carbocycles. The molecule has 1 N–H and O–H groups in total. The first kappa shape index (κ1) is 9.28. The van der Waals surface area contributed by atoms with Gasteiger partial charge in [-0.1, -0.05) is 18.2 Å². The summed E-state index contributed by atoms with van der Waals surface area (Å²) < 4.78 is 5.60. The topological polar surface area (TPSA) is 29.5 Å². The molecule has 0 bridgehead atoms. The third-order valence-electron chi connectivity index (χ3n) is 2.93. The third-order valence-corrected chi connectivity index (χ3v) is 2.93. The van der Waals surface area contributed by atoms with E-state index in [2.05, 4.69) is 0 Å². The molecular formula is C12H14O2. The largest absolute Gasteiger partial charge is 0.462 e. The van der Waals surface area contributed by atoms with Gasteiger partial charge in [-0.05, 0) is 26.8 Å². The molecule has 14 heavy (non-hydrogen) atoms. The first-order valence-corrected chi connectivity index (χ1v) is 4.71. The van der Waals surface area contributed by atoms with Gasteiger partial charge in [-0.15, -0.1) is 0 Å². The summed E-state index contributed by atoms with van der Waals surface area (Å²) in [6.07, 6.45) is 0. The minimum Gasteiger partial charge on any atom is -0.462 e. The van der Waals surface area contributed by atoms with E-state index < -0.39 is 5.60 Å². The average molecular weight is 190 g/mol. The molecule has 1 aromatic carbocycles. The summed E-state index contributed by atoms with van der Waals surface area (Å²) in [5, 5.41) is 10.3. The molecule has 0 spiro atoms. The van der Waals surface area contributed by atoms with Crippen molar-refractivity contribution < 1.29 is 9.84 Å². The fourth-order valence-corrected chi connectivity index (χ4v) is 1.74. The lowest BCUT2D eigenvalue weighted by Crippen LogP contribution is -2.28. The second-order valence-corrected chi connectivity index (χ2v) is 3.85. The standard InChI is InChI=1S/C12H14O2/c1-8-9(2)14-11-7-5-4-6-10(11)12(8,3)13/h4-7,13H,1-3H3. The molecule has 0 fully saturated rings. The number of hydrogen-bond acceptors (Lipinski definition) is 2. The Morgan fingerprint density at radius 1 is 1.21 bits per heavy atom. The second kappa shape index (κ2) is 2.85. The molecule has 0 saturated carbocycles. The highest BCUT2D eigenvalue weighted by atomic mass is 16.5. The molecule has 1 aliphatic heterocycles. The molecule has 0 amide bonds. The van der Waals surface area contributed by atoms with Gasteiger partial charge in [0.1, 0.15) is 17.1 Å². The van der Waals surface area contributed by atoms with Crippen LogP contribution < -0.4 is 4.74 Å². The van der Waals surface area contributed by atoms with Crippen molar-refractivity contribution in [2.24, 2.45) is 0 Å². The molecule has 1 aromatic rings. The van der Waals surface area contributed by atoms with Crippen LogP contribution in [0, 0.1) is 0 Å². The summed E-state index contributed by atoms with van der Waals surface area (Å²) in [4.78, 5) is 0. The van der Waals surface area contributed by atoms with Gasteiger partial charge in [0.2, 0.25) is 0 Å². The summed E-state index contributed by atoms with van der Waals surface area (Å²) in [5.74, 6) is 1.54. The zero-order chi connectivity index (χ0) is 10.3. The maximum Gasteiger partial charge on any atom is 0.133 e. The van der Waals surface area contributed by atoms with E-state index in [0.29, 0.717) is 0 Å². The van der Waals surface area contributed by atoms with Crippen molar-refractivity contribution in [3.05, 3.63) is 41.2 Å². The molecule has 74 valence electrons. The van der Waals surface area contributed by atoms with Gasteiger partial charge in [0.05, 0.1) is 0 Å². The minimum atomic E-state index is -0.904. The SMILES string of the molecule is CC1=C(C)C(C)(O)c2ccccc2O1. The first-order chi connectivity index (χ1) is 6.53. The van der Waals surface area contributed by atoms with Crippen LogP contribution in [-0.2, 0) is 5.60 Å². The monoisotopic (exact) mass is 190 g/mol. The predicted molar refractivity (Wildman–Crippen MR) is 55.0 cm³/mol. The maximum absolute atomic E-state index is 10.3. The molecule has 1 unspecified atom stereocenters. The van der Waals surface area contributed by atoms with Crippen molar-refractivity contribution >= 4 is 0 Å². The van der Waals surface area contributed by atoms with E-state index in [1.165, 1.54) is 0 Å². The number of para-hydroxylation sites is 1. The van der Waals surface area contributed by atoms with Crippen molar-refractivity contribution in [1.29, 1.82) is 0 Å². The Hall–Kier alpha value is -1.28. The van der Waals surface area contributed by atoms with Crippen LogP contribution in [0.4, 0.5) is 0 Å². The highest BCUT2D eigenvalue weighted by Crippen LogP contribution is 2.41. The minimum absolute atomic E-state index is 0.751. The van der Waals surface area contributed by atoms with E-state index in [4.69, 9.17) is 4.74 Å². The number of ether oxygens (including phenoxy) is 1. The summed E-state index contributed by atoms with van der Waals surface area (Å²) in [6, 6.07) is 7.58. The molecule has 2 rings (SSSR count). The van der Waals surface area contributed by atoms with Gasteiger partial charge >= 0.3 is 0 Å². The summed E-state index contributed by atoms with van der Waals surface area (Å²) in [7, 11) is 0. The lowest BCUT2D eigenvalue weighted by atomic mass is 9.86. The lowest BCUT2D eigenvalue weighted by molar-refractivity contribution is 0.0818. The lowest BCUT2D eigenvalue weighted by Gasteiger charge is -2.32. The van der Waals surface area contributed by atoms with Crippen LogP contribution in [0.25, 0.3) is 0 Å². The molecule has 2 heteroatoms. The van der Waals surface area contributed by atoms with Crippen molar-refractivity contribution in [2.45, 2.75) is 26.4 Å². The van der Waals surface area contributed by atoms with Gasteiger partial charge in [0.25, 0.3) is 0 Å². The Bertz CT molecular complexity index is 403. The zero-order valence-electron chi connectivity index (χ0n) is 8.66. The van der Waals surface area contributed by atoms with E-state index >= 15 is 0 Å². The van der Waals surface area contributed by atoms with E-state index in [1.54, 1.807) is 6.92 Å². The van der Waals surface area contributed by atoms with Crippen molar-refractivity contribution in [3.63, 3.8) is 0 Å². The van der Waals surface area contributed by atoms with E-state index in [1.807, 2.05) is 38.1 Å². The van der Waals surface area contributed by atoms with Crippen LogP contribution >= 0.6 is 0 Å². The second-order valence-electron chi connectivity index (χ2n) is 3.85.